The molecule has 0 radical (unpaired) electrons. The Bertz CT molecular complexity index is 803. The van der Waals surface area contributed by atoms with Gasteiger partial charge < -0.3 is 10.2 Å². The summed E-state index contributed by atoms with van der Waals surface area (Å²) in [5, 5.41) is 3.86. The molecule has 2 aliphatic rings. The van der Waals surface area contributed by atoms with Crippen molar-refractivity contribution in [2.45, 2.75) is 64.0 Å². The molecule has 25 heavy (non-hydrogen) atoms. The standard InChI is InChI=1S/C23H30N2/c1-22(2)14-13-16-9-8-11-18(21(16)24-22)19-15-23(3,4)25(5)20-12-7-6-10-17(19)20/h6-12,19,24H,13-15H2,1-5H3. The fraction of sp³-hybridized carbons (Fsp3) is 0.478. The summed E-state index contributed by atoms with van der Waals surface area (Å²) < 4.78 is 0. The molecule has 0 spiro atoms. The van der Waals surface area contributed by atoms with Gasteiger partial charge in [0.15, 0.2) is 0 Å². The van der Waals surface area contributed by atoms with Gasteiger partial charge in [0.25, 0.3) is 0 Å². The van der Waals surface area contributed by atoms with Gasteiger partial charge in [-0.1, -0.05) is 36.4 Å². The van der Waals surface area contributed by atoms with Crippen LogP contribution >= 0.6 is 0 Å². The van der Waals surface area contributed by atoms with Crippen LogP contribution in [0.3, 0.4) is 0 Å². The molecule has 0 saturated carbocycles. The lowest BCUT2D eigenvalue weighted by molar-refractivity contribution is 0.405. The first-order chi connectivity index (χ1) is 11.8. The zero-order valence-electron chi connectivity index (χ0n) is 16.2. The van der Waals surface area contributed by atoms with Crippen molar-refractivity contribution in [1.29, 1.82) is 0 Å². The maximum Gasteiger partial charge on any atom is 0.0415 e. The maximum atomic E-state index is 3.86. The number of aryl methyl sites for hydroxylation is 1. The lowest BCUT2D eigenvalue weighted by Gasteiger charge is -2.47. The normalized spacial score (nSPS) is 23.4. The molecule has 1 atom stereocenters. The molecule has 1 unspecified atom stereocenters. The van der Waals surface area contributed by atoms with Crippen LogP contribution in [0.1, 0.15) is 63.1 Å². The van der Waals surface area contributed by atoms with Gasteiger partial charge in [-0.25, -0.2) is 0 Å². The fourth-order valence-corrected chi connectivity index (χ4v) is 4.56. The molecule has 0 fully saturated rings. The van der Waals surface area contributed by atoms with E-state index in [0.717, 1.165) is 6.42 Å². The van der Waals surface area contributed by atoms with Crippen LogP contribution < -0.4 is 10.2 Å². The summed E-state index contributed by atoms with van der Waals surface area (Å²) in [5.41, 5.74) is 7.48. The third-order valence-electron chi connectivity index (χ3n) is 6.33. The third kappa shape index (κ3) is 2.72. The summed E-state index contributed by atoms with van der Waals surface area (Å²) in [4.78, 5) is 2.45. The topological polar surface area (TPSA) is 15.3 Å². The molecule has 2 aromatic rings. The number of nitrogens with one attached hydrogen (secondary N) is 1. The van der Waals surface area contributed by atoms with Crippen LogP contribution in [-0.4, -0.2) is 18.1 Å². The molecule has 132 valence electrons. The van der Waals surface area contributed by atoms with Crippen LogP contribution in [0.5, 0.6) is 0 Å². The molecule has 2 heteroatoms. The zero-order chi connectivity index (χ0) is 17.8. The van der Waals surface area contributed by atoms with E-state index in [2.05, 4.69) is 87.4 Å². The average molecular weight is 335 g/mol. The van der Waals surface area contributed by atoms with Gasteiger partial charge in [-0.2, -0.15) is 0 Å². The fourth-order valence-electron chi connectivity index (χ4n) is 4.56. The van der Waals surface area contributed by atoms with E-state index in [4.69, 9.17) is 0 Å². The van der Waals surface area contributed by atoms with Crippen molar-refractivity contribution in [3.63, 3.8) is 0 Å². The van der Waals surface area contributed by atoms with Gasteiger partial charge in [0.1, 0.15) is 0 Å². The number of rotatable bonds is 1. The summed E-state index contributed by atoms with van der Waals surface area (Å²) in [6, 6.07) is 15.8. The van der Waals surface area contributed by atoms with Gasteiger partial charge in [0.2, 0.25) is 0 Å². The first-order valence-corrected chi connectivity index (χ1v) is 9.51. The molecule has 2 heterocycles. The van der Waals surface area contributed by atoms with Crippen molar-refractivity contribution in [3.8, 4) is 0 Å². The Hall–Kier alpha value is -1.96. The summed E-state index contributed by atoms with van der Waals surface area (Å²) in [5.74, 6) is 0.443. The summed E-state index contributed by atoms with van der Waals surface area (Å²) in [6.07, 6.45) is 3.50. The largest absolute Gasteiger partial charge is 0.380 e. The van der Waals surface area contributed by atoms with Crippen molar-refractivity contribution >= 4 is 11.4 Å². The second kappa shape index (κ2) is 5.52. The lowest BCUT2D eigenvalue weighted by Crippen LogP contribution is -2.46. The minimum absolute atomic E-state index is 0.145. The minimum Gasteiger partial charge on any atom is -0.380 e. The Kier molecular flexibility index (Phi) is 3.64. The Morgan fingerprint density at radius 3 is 2.48 bits per heavy atom. The first-order valence-electron chi connectivity index (χ1n) is 9.51. The van der Waals surface area contributed by atoms with Crippen LogP contribution in [0.15, 0.2) is 42.5 Å². The van der Waals surface area contributed by atoms with E-state index >= 15 is 0 Å². The van der Waals surface area contributed by atoms with Crippen LogP contribution in [0.25, 0.3) is 0 Å². The van der Waals surface area contributed by atoms with Crippen LogP contribution in [0.2, 0.25) is 0 Å². The molecule has 1 N–H and O–H groups in total. The van der Waals surface area contributed by atoms with E-state index in [1.54, 1.807) is 0 Å². The maximum absolute atomic E-state index is 3.86. The van der Waals surface area contributed by atoms with Gasteiger partial charge in [-0.3, -0.25) is 0 Å². The number of para-hydroxylation sites is 2. The van der Waals surface area contributed by atoms with Crippen LogP contribution in [0, 0.1) is 0 Å². The molecule has 0 aromatic heterocycles. The van der Waals surface area contributed by atoms with Crippen molar-refractivity contribution in [1.82, 2.24) is 0 Å². The van der Waals surface area contributed by atoms with Gasteiger partial charge >= 0.3 is 0 Å². The predicted octanol–water partition coefficient (Wildman–Crippen LogP) is 5.57. The van der Waals surface area contributed by atoms with Crippen molar-refractivity contribution in [2.75, 3.05) is 17.3 Å². The highest BCUT2D eigenvalue weighted by molar-refractivity contribution is 5.68. The van der Waals surface area contributed by atoms with E-state index in [1.165, 1.54) is 40.9 Å². The zero-order valence-corrected chi connectivity index (χ0v) is 16.2. The Labute approximate surface area is 152 Å². The SMILES string of the molecule is CN1c2ccccc2C(c2cccc3c2NC(C)(C)CC3)CC1(C)C. The van der Waals surface area contributed by atoms with Gasteiger partial charge in [0, 0.05) is 35.4 Å². The molecule has 2 aromatic carbocycles. The van der Waals surface area contributed by atoms with E-state index in [1.807, 2.05) is 0 Å². The molecule has 0 aliphatic carbocycles. The minimum atomic E-state index is 0.145. The highest BCUT2D eigenvalue weighted by atomic mass is 15.2. The molecule has 0 amide bonds. The predicted molar refractivity (Wildman–Crippen MR) is 108 cm³/mol. The van der Waals surface area contributed by atoms with Crippen LogP contribution in [-0.2, 0) is 6.42 Å². The number of anilines is 2. The Morgan fingerprint density at radius 2 is 1.68 bits per heavy atom. The number of fused-ring (bicyclic) bond motifs is 2. The number of hydrogen-bond acceptors (Lipinski definition) is 2. The molecule has 4 rings (SSSR count). The van der Waals surface area contributed by atoms with E-state index in [-0.39, 0.29) is 11.1 Å². The smallest absolute Gasteiger partial charge is 0.0415 e. The lowest BCUT2D eigenvalue weighted by atomic mass is 9.74. The quantitative estimate of drug-likeness (QED) is 0.733. The molecule has 2 aliphatic heterocycles. The molecule has 0 saturated heterocycles. The molecule has 2 nitrogen and oxygen atoms in total. The summed E-state index contributed by atoms with van der Waals surface area (Å²) >= 11 is 0. The van der Waals surface area contributed by atoms with Crippen molar-refractivity contribution < 1.29 is 0 Å². The molecular formula is C23H30N2. The monoisotopic (exact) mass is 334 g/mol. The summed E-state index contributed by atoms with van der Waals surface area (Å²) in [6.45, 7) is 9.36. The van der Waals surface area contributed by atoms with Gasteiger partial charge in [-0.05, 0) is 69.7 Å². The van der Waals surface area contributed by atoms with Gasteiger partial charge in [0.05, 0.1) is 0 Å². The third-order valence-corrected chi connectivity index (χ3v) is 6.33. The second-order valence-electron chi connectivity index (χ2n) is 9.08. The molecule has 0 bridgehead atoms. The summed E-state index contributed by atoms with van der Waals surface area (Å²) in [7, 11) is 2.23. The van der Waals surface area contributed by atoms with Crippen LogP contribution in [0.4, 0.5) is 11.4 Å². The highest BCUT2D eigenvalue weighted by Gasteiger charge is 2.38. The Morgan fingerprint density at radius 1 is 0.960 bits per heavy atom. The van der Waals surface area contributed by atoms with Gasteiger partial charge in [-0.15, -0.1) is 0 Å². The number of benzene rings is 2. The number of nitrogens with zero attached hydrogens (tertiary/aromatic N) is 1. The van der Waals surface area contributed by atoms with E-state index in [0.29, 0.717) is 5.92 Å². The van der Waals surface area contributed by atoms with Crippen molar-refractivity contribution in [3.05, 3.63) is 59.2 Å². The molecular weight excluding hydrogens is 304 g/mol. The van der Waals surface area contributed by atoms with E-state index < -0.39 is 0 Å². The second-order valence-corrected chi connectivity index (χ2v) is 9.08. The number of hydrogen-bond donors (Lipinski definition) is 1. The first kappa shape index (κ1) is 16.5. The van der Waals surface area contributed by atoms with E-state index in [9.17, 15) is 0 Å². The average Bonchev–Trinajstić information content (AvgIpc) is 2.57. The van der Waals surface area contributed by atoms with Crippen molar-refractivity contribution in [2.24, 2.45) is 0 Å². The Balaban J connectivity index is 1.87. The highest BCUT2D eigenvalue weighted by Crippen LogP contribution is 2.48.